The zero-order valence-electron chi connectivity index (χ0n) is 13.7. The molecular weight excluding hydrogens is 308 g/mol. The van der Waals surface area contributed by atoms with Crippen LogP contribution in [0.25, 0.3) is 0 Å². The number of likely N-dealkylation sites (tertiary alicyclic amines) is 1. The van der Waals surface area contributed by atoms with E-state index >= 15 is 0 Å². The van der Waals surface area contributed by atoms with Crippen LogP contribution in [0.15, 0.2) is 21.5 Å². The summed E-state index contributed by atoms with van der Waals surface area (Å²) in [6.07, 6.45) is 5.58. The molecule has 1 fully saturated rings. The van der Waals surface area contributed by atoms with E-state index in [1.54, 1.807) is 22.6 Å². The first kappa shape index (κ1) is 15.1. The van der Waals surface area contributed by atoms with E-state index in [0.29, 0.717) is 31.2 Å². The summed E-state index contributed by atoms with van der Waals surface area (Å²) in [6.45, 7) is 3.52. The first-order valence-corrected chi connectivity index (χ1v) is 8.41. The Hall–Kier alpha value is -2.44. The molecule has 126 valence electrons. The third-order valence-electron chi connectivity index (χ3n) is 4.79. The van der Waals surface area contributed by atoms with Gasteiger partial charge in [0.2, 0.25) is 0 Å². The molecule has 3 heterocycles. The first-order chi connectivity index (χ1) is 11.6. The van der Waals surface area contributed by atoms with E-state index in [9.17, 15) is 9.59 Å². The van der Waals surface area contributed by atoms with Crippen molar-refractivity contribution in [2.45, 2.75) is 39.2 Å². The molecule has 7 nitrogen and oxygen atoms in total. The van der Waals surface area contributed by atoms with E-state index in [0.717, 1.165) is 36.9 Å². The number of carbonyl (C=O) groups is 1. The molecule has 4 rings (SSSR count). The molecular formula is C17H20N4O3. The van der Waals surface area contributed by atoms with Gasteiger partial charge in [-0.25, -0.2) is 9.67 Å². The largest absolute Gasteiger partial charge is 0.448 e. The molecule has 0 saturated carbocycles. The molecule has 0 radical (unpaired) electrons. The summed E-state index contributed by atoms with van der Waals surface area (Å²) in [6, 6.07) is 1.74. The predicted octanol–water partition coefficient (Wildman–Crippen LogP) is 1.19. The van der Waals surface area contributed by atoms with Gasteiger partial charge < -0.3 is 9.32 Å². The lowest BCUT2D eigenvalue weighted by atomic mass is 9.96. The molecule has 0 unspecified atom stereocenters. The van der Waals surface area contributed by atoms with E-state index in [1.165, 1.54) is 6.26 Å². The molecule has 0 aromatic carbocycles. The van der Waals surface area contributed by atoms with Gasteiger partial charge in [-0.2, -0.15) is 5.10 Å². The van der Waals surface area contributed by atoms with Gasteiger partial charge in [0.05, 0.1) is 12.2 Å². The van der Waals surface area contributed by atoms with Crippen LogP contribution in [0.4, 0.5) is 0 Å². The predicted molar refractivity (Wildman–Crippen MR) is 85.8 cm³/mol. The van der Waals surface area contributed by atoms with Gasteiger partial charge in [-0.15, -0.1) is 0 Å². The molecule has 2 aromatic heterocycles. The van der Waals surface area contributed by atoms with Crippen LogP contribution in [-0.2, 0) is 19.4 Å². The van der Waals surface area contributed by atoms with Gasteiger partial charge in [0.15, 0.2) is 11.6 Å². The Bertz CT molecular complexity index is 833. The van der Waals surface area contributed by atoms with E-state index in [4.69, 9.17) is 4.42 Å². The van der Waals surface area contributed by atoms with Crippen LogP contribution in [-0.4, -0.2) is 38.7 Å². The number of aromatic nitrogens is 3. The number of fused-ring (bicyclic) bond motifs is 1. The van der Waals surface area contributed by atoms with Crippen LogP contribution in [0.3, 0.4) is 0 Å². The van der Waals surface area contributed by atoms with Crippen molar-refractivity contribution in [3.05, 3.63) is 45.5 Å². The zero-order chi connectivity index (χ0) is 16.7. The van der Waals surface area contributed by atoms with Gasteiger partial charge in [-0.1, -0.05) is 0 Å². The second kappa shape index (κ2) is 5.89. The molecule has 1 aliphatic heterocycles. The highest BCUT2D eigenvalue weighted by atomic mass is 16.3. The fourth-order valence-corrected chi connectivity index (χ4v) is 3.45. The summed E-state index contributed by atoms with van der Waals surface area (Å²) in [5.74, 6) is 0.628. The molecule has 0 N–H and O–H groups in total. The summed E-state index contributed by atoms with van der Waals surface area (Å²) >= 11 is 0. The second-order valence-corrected chi connectivity index (χ2v) is 6.67. The topological polar surface area (TPSA) is 81.2 Å². The highest BCUT2D eigenvalue weighted by Crippen LogP contribution is 2.21. The molecule has 7 heteroatoms. The molecule has 1 saturated heterocycles. The SMILES string of the molecule is Cc1nc(C(=O)N2CC(Cn3nc4c(cc3=O)CCCC4)C2)co1. The average molecular weight is 328 g/mol. The van der Waals surface area contributed by atoms with Crippen molar-refractivity contribution in [3.8, 4) is 0 Å². The van der Waals surface area contributed by atoms with E-state index in [1.807, 2.05) is 0 Å². The van der Waals surface area contributed by atoms with Crippen molar-refractivity contribution >= 4 is 5.91 Å². The highest BCUT2D eigenvalue weighted by Gasteiger charge is 2.33. The van der Waals surface area contributed by atoms with Crippen molar-refractivity contribution in [2.24, 2.45) is 5.92 Å². The van der Waals surface area contributed by atoms with Gasteiger partial charge in [0, 0.05) is 32.0 Å². The number of nitrogens with zero attached hydrogens (tertiary/aromatic N) is 4. The van der Waals surface area contributed by atoms with Gasteiger partial charge in [0.25, 0.3) is 11.5 Å². The maximum absolute atomic E-state index is 12.2. The molecule has 0 bridgehead atoms. The van der Waals surface area contributed by atoms with Crippen molar-refractivity contribution in [2.75, 3.05) is 13.1 Å². The maximum Gasteiger partial charge on any atom is 0.275 e. The van der Waals surface area contributed by atoms with Crippen molar-refractivity contribution in [1.82, 2.24) is 19.7 Å². The Morgan fingerprint density at radius 3 is 2.88 bits per heavy atom. The lowest BCUT2D eigenvalue weighted by Gasteiger charge is -2.38. The third-order valence-corrected chi connectivity index (χ3v) is 4.79. The Labute approximate surface area is 139 Å². The van der Waals surface area contributed by atoms with Gasteiger partial charge in [-0.05, 0) is 31.2 Å². The monoisotopic (exact) mass is 328 g/mol. The van der Waals surface area contributed by atoms with E-state index < -0.39 is 0 Å². The Morgan fingerprint density at radius 2 is 2.12 bits per heavy atom. The summed E-state index contributed by atoms with van der Waals surface area (Å²) in [5.41, 5.74) is 2.48. The minimum absolute atomic E-state index is 0.0347. The van der Waals surface area contributed by atoms with Gasteiger partial charge in [0.1, 0.15) is 6.26 Å². The summed E-state index contributed by atoms with van der Waals surface area (Å²) in [7, 11) is 0. The average Bonchev–Trinajstić information content (AvgIpc) is 2.96. The summed E-state index contributed by atoms with van der Waals surface area (Å²) in [4.78, 5) is 30.2. The van der Waals surface area contributed by atoms with Crippen LogP contribution in [0, 0.1) is 12.8 Å². The molecule has 24 heavy (non-hydrogen) atoms. The van der Waals surface area contributed by atoms with Gasteiger partial charge in [-0.3, -0.25) is 9.59 Å². The van der Waals surface area contributed by atoms with Crippen LogP contribution < -0.4 is 5.56 Å². The molecule has 1 amide bonds. The summed E-state index contributed by atoms with van der Waals surface area (Å²) < 4.78 is 6.65. The maximum atomic E-state index is 12.2. The normalized spacial score (nSPS) is 17.5. The lowest BCUT2D eigenvalue weighted by molar-refractivity contribution is 0.0452. The smallest absolute Gasteiger partial charge is 0.275 e. The van der Waals surface area contributed by atoms with Crippen molar-refractivity contribution in [1.29, 1.82) is 0 Å². The number of amides is 1. The molecule has 2 aromatic rings. The summed E-state index contributed by atoms with van der Waals surface area (Å²) in [5, 5.41) is 4.54. The minimum Gasteiger partial charge on any atom is -0.448 e. The third kappa shape index (κ3) is 2.74. The number of hydrogen-bond acceptors (Lipinski definition) is 5. The van der Waals surface area contributed by atoms with Gasteiger partial charge >= 0.3 is 0 Å². The molecule has 2 aliphatic rings. The van der Waals surface area contributed by atoms with Crippen LogP contribution in [0.1, 0.15) is 40.5 Å². The number of carbonyl (C=O) groups excluding carboxylic acids is 1. The lowest BCUT2D eigenvalue weighted by Crippen LogP contribution is -2.52. The minimum atomic E-state index is -0.117. The standard InChI is InChI=1S/C17H20N4O3/c1-11-18-15(10-24-11)17(23)20-7-12(8-20)9-21-16(22)6-13-4-2-3-5-14(13)19-21/h6,10,12H,2-5,7-9H2,1H3. The molecule has 0 spiro atoms. The quantitative estimate of drug-likeness (QED) is 0.845. The highest BCUT2D eigenvalue weighted by molar-refractivity contribution is 5.92. The van der Waals surface area contributed by atoms with E-state index in [2.05, 4.69) is 10.1 Å². The van der Waals surface area contributed by atoms with Crippen molar-refractivity contribution < 1.29 is 9.21 Å². The zero-order valence-corrected chi connectivity index (χ0v) is 13.7. The van der Waals surface area contributed by atoms with Crippen LogP contribution in [0.2, 0.25) is 0 Å². The van der Waals surface area contributed by atoms with E-state index in [-0.39, 0.29) is 17.4 Å². The molecule has 0 atom stereocenters. The fraction of sp³-hybridized carbons (Fsp3) is 0.529. The number of aryl methyl sites for hydroxylation is 3. The Kier molecular flexibility index (Phi) is 3.70. The molecule has 1 aliphatic carbocycles. The van der Waals surface area contributed by atoms with Crippen molar-refractivity contribution in [3.63, 3.8) is 0 Å². The Morgan fingerprint density at radius 1 is 1.33 bits per heavy atom. The number of oxazole rings is 1. The Balaban J connectivity index is 1.40. The van der Waals surface area contributed by atoms with Crippen LogP contribution >= 0.6 is 0 Å². The van der Waals surface area contributed by atoms with Crippen LogP contribution in [0.5, 0.6) is 0 Å². The second-order valence-electron chi connectivity index (χ2n) is 6.67. The first-order valence-electron chi connectivity index (χ1n) is 8.41. The number of hydrogen-bond donors (Lipinski definition) is 0. The number of rotatable bonds is 3. The fourth-order valence-electron chi connectivity index (χ4n) is 3.45.